The van der Waals surface area contributed by atoms with Crippen LogP contribution in [0.15, 0.2) is 72.4 Å². The monoisotopic (exact) mass is 420 g/mol. The lowest BCUT2D eigenvalue weighted by molar-refractivity contribution is -0.120. The van der Waals surface area contributed by atoms with Gasteiger partial charge in [0.2, 0.25) is 0 Å². The first kappa shape index (κ1) is 19.9. The number of rotatable bonds is 4. The summed E-state index contributed by atoms with van der Waals surface area (Å²) >= 11 is 6.04. The van der Waals surface area contributed by atoms with Gasteiger partial charge in [0, 0.05) is 10.7 Å². The first-order chi connectivity index (χ1) is 14.3. The Bertz CT molecular complexity index is 1180. The highest BCUT2D eigenvalue weighted by Gasteiger charge is 2.40. The highest BCUT2D eigenvalue weighted by Crippen LogP contribution is 2.35. The van der Waals surface area contributed by atoms with Gasteiger partial charge in [0.1, 0.15) is 11.5 Å². The molecule has 0 atom stereocenters. The van der Waals surface area contributed by atoms with E-state index in [2.05, 4.69) is 5.32 Å². The smallest absolute Gasteiger partial charge is 0.282 e. The van der Waals surface area contributed by atoms with Gasteiger partial charge in [0.25, 0.3) is 11.8 Å². The van der Waals surface area contributed by atoms with Crippen LogP contribution in [0, 0.1) is 19.7 Å². The molecule has 4 rings (SSSR count). The van der Waals surface area contributed by atoms with Crippen LogP contribution < -0.4 is 10.2 Å². The molecule has 4 nitrogen and oxygen atoms in total. The standard InChI is InChI=1S/C24H18ClFN2O2/c1-14-3-5-16(6-4-14)21-22(27-19-10-8-18(26)9-11-19)24(30)28(23(21)29)20-12-7-17(25)13-15(20)2/h3-13,27H,1-2H3. The fourth-order valence-electron chi connectivity index (χ4n) is 3.40. The molecule has 3 aromatic carbocycles. The molecule has 6 heteroatoms. The Labute approximate surface area is 178 Å². The highest BCUT2D eigenvalue weighted by molar-refractivity contribution is 6.46. The van der Waals surface area contributed by atoms with Gasteiger partial charge in [0.05, 0.1) is 11.3 Å². The second-order valence-electron chi connectivity index (χ2n) is 7.12. The number of nitrogens with one attached hydrogen (secondary N) is 1. The van der Waals surface area contributed by atoms with Crippen LogP contribution in [0.4, 0.5) is 15.8 Å². The van der Waals surface area contributed by atoms with Crippen molar-refractivity contribution < 1.29 is 14.0 Å². The van der Waals surface area contributed by atoms with Crippen molar-refractivity contribution in [2.24, 2.45) is 0 Å². The van der Waals surface area contributed by atoms with E-state index in [-0.39, 0.29) is 17.1 Å². The van der Waals surface area contributed by atoms with Crippen molar-refractivity contribution in [1.29, 1.82) is 0 Å². The first-order valence-electron chi connectivity index (χ1n) is 9.34. The minimum atomic E-state index is -0.481. The summed E-state index contributed by atoms with van der Waals surface area (Å²) in [7, 11) is 0. The number of amides is 2. The number of anilines is 2. The first-order valence-corrected chi connectivity index (χ1v) is 9.72. The van der Waals surface area contributed by atoms with Crippen molar-refractivity contribution in [2.45, 2.75) is 13.8 Å². The lowest BCUT2D eigenvalue weighted by atomic mass is 10.0. The van der Waals surface area contributed by atoms with Crippen LogP contribution in [0.3, 0.4) is 0 Å². The highest BCUT2D eigenvalue weighted by atomic mass is 35.5. The maximum absolute atomic E-state index is 13.4. The molecule has 1 N–H and O–H groups in total. The fraction of sp³-hybridized carbons (Fsp3) is 0.0833. The Hall–Kier alpha value is -3.44. The summed E-state index contributed by atoms with van der Waals surface area (Å²) in [5, 5.41) is 3.54. The number of imide groups is 1. The van der Waals surface area contributed by atoms with Gasteiger partial charge in [-0.3, -0.25) is 9.59 Å². The zero-order valence-corrected chi connectivity index (χ0v) is 17.1. The van der Waals surface area contributed by atoms with Crippen molar-refractivity contribution in [3.8, 4) is 0 Å². The Morgan fingerprint density at radius 1 is 0.867 bits per heavy atom. The van der Waals surface area contributed by atoms with E-state index in [4.69, 9.17) is 11.6 Å². The third-order valence-electron chi connectivity index (χ3n) is 4.94. The fourth-order valence-corrected chi connectivity index (χ4v) is 3.63. The van der Waals surface area contributed by atoms with Crippen molar-refractivity contribution in [3.63, 3.8) is 0 Å². The van der Waals surface area contributed by atoms with Gasteiger partial charge in [-0.1, -0.05) is 41.4 Å². The van der Waals surface area contributed by atoms with E-state index in [1.165, 1.54) is 24.3 Å². The van der Waals surface area contributed by atoms with Crippen molar-refractivity contribution in [2.75, 3.05) is 10.2 Å². The van der Waals surface area contributed by atoms with E-state index >= 15 is 0 Å². The van der Waals surface area contributed by atoms with Crippen LogP contribution >= 0.6 is 11.6 Å². The molecular formula is C24H18ClFN2O2. The number of hydrogen-bond acceptors (Lipinski definition) is 3. The predicted octanol–water partition coefficient (Wildman–Crippen LogP) is 5.49. The molecule has 2 amide bonds. The summed E-state index contributed by atoms with van der Waals surface area (Å²) in [5.74, 6) is -1.30. The summed E-state index contributed by atoms with van der Waals surface area (Å²) in [6.07, 6.45) is 0. The van der Waals surface area contributed by atoms with Crippen LogP contribution in [0.25, 0.3) is 5.57 Å². The van der Waals surface area contributed by atoms with E-state index in [1.807, 2.05) is 19.1 Å². The van der Waals surface area contributed by atoms with Gasteiger partial charge in [-0.2, -0.15) is 0 Å². The summed E-state index contributed by atoms with van der Waals surface area (Å²) in [5.41, 5.74) is 3.74. The lowest BCUT2D eigenvalue weighted by Crippen LogP contribution is -2.33. The minimum Gasteiger partial charge on any atom is -0.350 e. The van der Waals surface area contributed by atoms with E-state index in [0.29, 0.717) is 27.5 Å². The number of carbonyl (C=O) groups excluding carboxylic acids is 2. The number of carbonyl (C=O) groups is 2. The van der Waals surface area contributed by atoms with Crippen molar-refractivity contribution in [1.82, 2.24) is 0 Å². The molecule has 0 spiro atoms. The van der Waals surface area contributed by atoms with Gasteiger partial charge in [-0.15, -0.1) is 0 Å². The molecule has 0 radical (unpaired) electrons. The molecule has 0 bridgehead atoms. The molecule has 0 aliphatic carbocycles. The second-order valence-corrected chi connectivity index (χ2v) is 7.56. The molecule has 0 unspecified atom stereocenters. The summed E-state index contributed by atoms with van der Waals surface area (Å²) in [6.45, 7) is 3.74. The molecule has 0 saturated carbocycles. The summed E-state index contributed by atoms with van der Waals surface area (Å²) in [6, 6.07) is 18.0. The largest absolute Gasteiger partial charge is 0.350 e. The number of hydrogen-bond donors (Lipinski definition) is 1. The molecule has 1 aliphatic heterocycles. The molecule has 150 valence electrons. The average molecular weight is 421 g/mol. The third kappa shape index (κ3) is 3.60. The van der Waals surface area contributed by atoms with Gasteiger partial charge in [-0.25, -0.2) is 9.29 Å². The Balaban J connectivity index is 1.83. The normalized spacial score (nSPS) is 13.9. The SMILES string of the molecule is Cc1ccc(C2=C(Nc3ccc(F)cc3)C(=O)N(c3ccc(Cl)cc3C)C2=O)cc1. The van der Waals surface area contributed by atoms with Gasteiger partial charge in [0.15, 0.2) is 0 Å². The molecule has 1 aliphatic rings. The summed E-state index contributed by atoms with van der Waals surface area (Å²) in [4.78, 5) is 27.9. The quantitative estimate of drug-likeness (QED) is 0.567. The molecule has 1 heterocycles. The Kier molecular flexibility index (Phi) is 5.14. The molecule has 0 fully saturated rings. The average Bonchev–Trinajstić information content (AvgIpc) is 2.95. The third-order valence-corrected chi connectivity index (χ3v) is 5.17. The predicted molar refractivity (Wildman–Crippen MR) is 117 cm³/mol. The Morgan fingerprint density at radius 3 is 2.17 bits per heavy atom. The topological polar surface area (TPSA) is 49.4 Å². The number of aryl methyl sites for hydroxylation is 2. The van der Waals surface area contributed by atoms with Crippen LogP contribution in [-0.2, 0) is 9.59 Å². The van der Waals surface area contributed by atoms with Crippen molar-refractivity contribution in [3.05, 3.63) is 100.0 Å². The van der Waals surface area contributed by atoms with Crippen molar-refractivity contribution >= 4 is 40.4 Å². The van der Waals surface area contributed by atoms with E-state index in [1.54, 1.807) is 37.3 Å². The Morgan fingerprint density at radius 2 is 1.53 bits per heavy atom. The number of nitrogens with zero attached hydrogens (tertiary/aromatic N) is 1. The van der Waals surface area contributed by atoms with E-state index in [9.17, 15) is 14.0 Å². The van der Waals surface area contributed by atoms with E-state index < -0.39 is 11.8 Å². The zero-order valence-electron chi connectivity index (χ0n) is 16.4. The molecule has 3 aromatic rings. The zero-order chi connectivity index (χ0) is 21.4. The van der Waals surface area contributed by atoms with Crippen LogP contribution in [0.1, 0.15) is 16.7 Å². The maximum Gasteiger partial charge on any atom is 0.282 e. The van der Waals surface area contributed by atoms with Crippen LogP contribution in [-0.4, -0.2) is 11.8 Å². The minimum absolute atomic E-state index is 0.143. The maximum atomic E-state index is 13.4. The second kappa shape index (κ2) is 7.76. The molecular weight excluding hydrogens is 403 g/mol. The van der Waals surface area contributed by atoms with E-state index in [0.717, 1.165) is 10.5 Å². The molecule has 0 aromatic heterocycles. The molecule has 30 heavy (non-hydrogen) atoms. The van der Waals surface area contributed by atoms with Gasteiger partial charge < -0.3 is 5.32 Å². The molecule has 0 saturated heterocycles. The summed E-state index contributed by atoms with van der Waals surface area (Å²) < 4.78 is 13.3. The lowest BCUT2D eigenvalue weighted by Gasteiger charge is -2.18. The van der Waals surface area contributed by atoms with Gasteiger partial charge in [-0.05, 0) is 67.4 Å². The van der Waals surface area contributed by atoms with Crippen LogP contribution in [0.5, 0.6) is 0 Å². The van der Waals surface area contributed by atoms with Crippen LogP contribution in [0.2, 0.25) is 5.02 Å². The van der Waals surface area contributed by atoms with Gasteiger partial charge >= 0.3 is 0 Å². The number of halogens is 2. The number of benzene rings is 3.